The van der Waals surface area contributed by atoms with Gasteiger partial charge in [-0.3, -0.25) is 10.1 Å². The number of hydrogen-bond donors (Lipinski definition) is 0. The third-order valence-electron chi connectivity index (χ3n) is 3.87. The average molecular weight is 379 g/mol. The first-order valence-electron chi connectivity index (χ1n) is 7.62. The van der Waals surface area contributed by atoms with Gasteiger partial charge in [-0.1, -0.05) is 18.2 Å². The molecule has 0 radical (unpaired) electrons. The maximum Gasteiger partial charge on any atom is 0.418 e. The second-order valence-corrected chi connectivity index (χ2v) is 5.72. The predicted molar refractivity (Wildman–Crippen MR) is 87.6 cm³/mol. The van der Waals surface area contributed by atoms with Crippen molar-refractivity contribution in [2.45, 2.75) is 19.6 Å². The Morgan fingerprint density at radius 1 is 1.15 bits per heavy atom. The van der Waals surface area contributed by atoms with Gasteiger partial charge in [0, 0.05) is 11.6 Å². The summed E-state index contributed by atoms with van der Waals surface area (Å²) in [4.78, 5) is 22.8. The van der Waals surface area contributed by atoms with E-state index in [4.69, 9.17) is 0 Å². The molecule has 1 heterocycles. The van der Waals surface area contributed by atoms with E-state index in [-0.39, 0.29) is 12.2 Å². The molecule has 8 nitrogen and oxygen atoms in total. The lowest BCUT2D eigenvalue weighted by Crippen LogP contribution is -2.26. The van der Waals surface area contributed by atoms with Crippen molar-refractivity contribution in [3.8, 4) is 5.69 Å². The molecule has 0 spiro atoms. The maximum atomic E-state index is 13.1. The molecule has 1 aromatic heterocycles. The van der Waals surface area contributed by atoms with Crippen LogP contribution < -0.4 is 5.69 Å². The van der Waals surface area contributed by atoms with Crippen molar-refractivity contribution < 1.29 is 18.1 Å². The molecule has 2 aromatic carbocycles. The van der Waals surface area contributed by atoms with Gasteiger partial charge in [0.05, 0.1) is 22.7 Å². The molecule has 0 bridgehead atoms. The van der Waals surface area contributed by atoms with Crippen molar-refractivity contribution in [1.29, 1.82) is 0 Å². The number of aromatic nitrogens is 4. The summed E-state index contributed by atoms with van der Waals surface area (Å²) in [5, 5.41) is 18.0. The molecule has 0 aliphatic carbocycles. The zero-order valence-corrected chi connectivity index (χ0v) is 13.8. The molecule has 0 unspecified atom stereocenters. The minimum absolute atomic E-state index is 0.0751. The number of nitro groups is 1. The number of tetrazole rings is 1. The Labute approximate surface area is 149 Å². The van der Waals surface area contributed by atoms with Gasteiger partial charge < -0.3 is 0 Å². The summed E-state index contributed by atoms with van der Waals surface area (Å²) >= 11 is 0. The van der Waals surface area contributed by atoms with Crippen molar-refractivity contribution in [3.63, 3.8) is 0 Å². The summed E-state index contributed by atoms with van der Waals surface area (Å²) in [7, 11) is 0. The summed E-state index contributed by atoms with van der Waals surface area (Å²) in [6, 6.07) is 8.78. The van der Waals surface area contributed by atoms with E-state index in [1.807, 2.05) is 0 Å². The molecular weight excluding hydrogens is 367 g/mol. The summed E-state index contributed by atoms with van der Waals surface area (Å²) < 4.78 is 40.9. The highest BCUT2D eigenvalue weighted by molar-refractivity contribution is 5.42. The highest BCUT2D eigenvalue weighted by Gasteiger charge is 2.34. The lowest BCUT2D eigenvalue weighted by molar-refractivity contribution is -0.385. The fourth-order valence-electron chi connectivity index (χ4n) is 2.62. The molecule has 3 rings (SSSR count). The number of para-hydroxylation sites is 1. The number of halogens is 3. The Morgan fingerprint density at radius 2 is 1.85 bits per heavy atom. The normalized spacial score (nSPS) is 11.6. The number of hydrogen-bond acceptors (Lipinski definition) is 5. The van der Waals surface area contributed by atoms with Gasteiger partial charge in [-0.05, 0) is 41.1 Å². The number of nitro benzene ring substituents is 1. The van der Waals surface area contributed by atoms with E-state index < -0.39 is 28.0 Å². The first kappa shape index (κ1) is 18.3. The van der Waals surface area contributed by atoms with E-state index in [0.29, 0.717) is 15.8 Å². The molecule has 140 valence electrons. The number of nitrogens with zero attached hydrogens (tertiary/aromatic N) is 5. The van der Waals surface area contributed by atoms with E-state index in [9.17, 15) is 28.1 Å². The van der Waals surface area contributed by atoms with Crippen molar-refractivity contribution in [3.05, 3.63) is 79.8 Å². The Kier molecular flexibility index (Phi) is 4.52. The van der Waals surface area contributed by atoms with E-state index in [1.54, 1.807) is 6.92 Å². The Balaban J connectivity index is 1.97. The molecule has 0 N–H and O–H groups in total. The Hall–Kier alpha value is -3.50. The van der Waals surface area contributed by atoms with Crippen molar-refractivity contribution in [1.82, 2.24) is 19.8 Å². The van der Waals surface area contributed by atoms with Gasteiger partial charge >= 0.3 is 11.9 Å². The van der Waals surface area contributed by atoms with Crippen LogP contribution in [-0.4, -0.2) is 24.7 Å². The van der Waals surface area contributed by atoms with Gasteiger partial charge in [-0.25, -0.2) is 4.79 Å². The average Bonchev–Trinajstić information content (AvgIpc) is 2.94. The Bertz CT molecular complexity index is 1070. The van der Waals surface area contributed by atoms with Gasteiger partial charge in [-0.15, -0.1) is 0 Å². The molecule has 0 fully saturated rings. The quantitative estimate of drug-likeness (QED) is 0.513. The minimum atomic E-state index is -4.66. The van der Waals surface area contributed by atoms with Gasteiger partial charge in [0.2, 0.25) is 0 Å². The van der Waals surface area contributed by atoms with Crippen LogP contribution in [0.4, 0.5) is 18.9 Å². The number of alkyl halides is 3. The van der Waals surface area contributed by atoms with E-state index in [2.05, 4.69) is 10.4 Å². The van der Waals surface area contributed by atoms with Gasteiger partial charge in [0.1, 0.15) is 0 Å². The van der Waals surface area contributed by atoms with Gasteiger partial charge in [0.25, 0.3) is 5.69 Å². The van der Waals surface area contributed by atoms with Crippen LogP contribution in [0.25, 0.3) is 5.69 Å². The molecule has 11 heteroatoms. The SMILES string of the molecule is Cc1cc(Cn2nnn(-c3ccccc3C(F)(F)F)c2=O)ccc1[N+](=O)[O-]. The third kappa shape index (κ3) is 3.57. The Morgan fingerprint density at radius 3 is 2.48 bits per heavy atom. The molecule has 0 saturated carbocycles. The molecule has 0 amide bonds. The van der Waals surface area contributed by atoms with Crippen LogP contribution in [0.2, 0.25) is 0 Å². The fraction of sp³-hybridized carbons (Fsp3) is 0.188. The topological polar surface area (TPSA) is 95.8 Å². The zero-order chi connectivity index (χ0) is 19.8. The van der Waals surface area contributed by atoms with Crippen LogP contribution in [0.5, 0.6) is 0 Å². The second-order valence-electron chi connectivity index (χ2n) is 5.72. The zero-order valence-electron chi connectivity index (χ0n) is 13.8. The fourth-order valence-corrected chi connectivity index (χ4v) is 2.62. The molecule has 0 saturated heterocycles. The van der Waals surface area contributed by atoms with Gasteiger partial charge in [0.15, 0.2) is 0 Å². The number of rotatable bonds is 4. The monoisotopic (exact) mass is 379 g/mol. The van der Waals surface area contributed by atoms with Crippen LogP contribution in [0.3, 0.4) is 0 Å². The van der Waals surface area contributed by atoms with E-state index in [1.165, 1.54) is 30.3 Å². The van der Waals surface area contributed by atoms with Crippen molar-refractivity contribution in [2.75, 3.05) is 0 Å². The van der Waals surface area contributed by atoms with E-state index >= 15 is 0 Å². The van der Waals surface area contributed by atoms with Crippen LogP contribution in [0, 0.1) is 17.0 Å². The second kappa shape index (κ2) is 6.67. The highest BCUT2D eigenvalue weighted by atomic mass is 19.4. The maximum absolute atomic E-state index is 13.1. The van der Waals surface area contributed by atoms with Crippen LogP contribution >= 0.6 is 0 Å². The lowest BCUT2D eigenvalue weighted by atomic mass is 10.1. The molecule has 0 aliphatic heterocycles. The first-order chi connectivity index (χ1) is 12.7. The first-order valence-corrected chi connectivity index (χ1v) is 7.62. The van der Waals surface area contributed by atoms with Gasteiger partial charge in [-0.2, -0.15) is 22.5 Å². The van der Waals surface area contributed by atoms with Crippen molar-refractivity contribution >= 4 is 5.69 Å². The molecule has 0 aliphatic rings. The van der Waals surface area contributed by atoms with Crippen LogP contribution in [0.15, 0.2) is 47.3 Å². The standard InChI is InChI=1S/C16H12F3N5O3/c1-10-8-11(6-7-13(10)24(26)27)9-22-15(25)23(21-20-22)14-5-3-2-4-12(14)16(17,18)19/h2-8H,9H2,1H3. The van der Waals surface area contributed by atoms with Crippen LogP contribution in [-0.2, 0) is 12.7 Å². The predicted octanol–water partition coefficient (Wildman–Crippen LogP) is 2.71. The highest BCUT2D eigenvalue weighted by Crippen LogP contribution is 2.32. The molecule has 3 aromatic rings. The van der Waals surface area contributed by atoms with Crippen molar-refractivity contribution in [2.24, 2.45) is 0 Å². The molecule has 27 heavy (non-hydrogen) atoms. The minimum Gasteiger partial charge on any atom is -0.258 e. The molecule has 0 atom stereocenters. The molecular formula is C16H12F3N5O3. The number of benzene rings is 2. The number of aryl methyl sites for hydroxylation is 1. The smallest absolute Gasteiger partial charge is 0.258 e. The summed E-state index contributed by atoms with van der Waals surface area (Å²) in [5.74, 6) is 0. The van der Waals surface area contributed by atoms with E-state index in [0.717, 1.165) is 16.8 Å². The summed E-state index contributed by atoms with van der Waals surface area (Å²) in [6.07, 6.45) is -4.66. The largest absolute Gasteiger partial charge is 0.418 e. The summed E-state index contributed by atoms with van der Waals surface area (Å²) in [5.41, 5.74) is -1.46. The summed E-state index contributed by atoms with van der Waals surface area (Å²) in [6.45, 7) is 1.45. The third-order valence-corrected chi connectivity index (χ3v) is 3.87. The lowest BCUT2D eigenvalue weighted by Gasteiger charge is -2.10. The van der Waals surface area contributed by atoms with Crippen LogP contribution in [0.1, 0.15) is 16.7 Å².